The van der Waals surface area contributed by atoms with Crippen LogP contribution in [0.5, 0.6) is 11.5 Å². The third kappa shape index (κ3) is 5.40. The van der Waals surface area contributed by atoms with Gasteiger partial charge in [-0.2, -0.15) is 0 Å². The van der Waals surface area contributed by atoms with Crippen LogP contribution in [-0.2, 0) is 9.53 Å². The summed E-state index contributed by atoms with van der Waals surface area (Å²) >= 11 is 1.58. The van der Waals surface area contributed by atoms with Crippen molar-refractivity contribution < 1.29 is 24.1 Å². The van der Waals surface area contributed by atoms with E-state index in [4.69, 9.17) is 14.2 Å². The van der Waals surface area contributed by atoms with Crippen molar-refractivity contribution >= 4 is 17.7 Å². The number of aliphatic hydroxyl groups excluding tert-OH is 1. The minimum Gasteiger partial charge on any atom is -0.486 e. The number of carbonyl (C=O) groups is 1. The molecule has 1 heterocycles. The van der Waals surface area contributed by atoms with Crippen molar-refractivity contribution in [3.8, 4) is 11.5 Å². The molecule has 0 saturated heterocycles. The Kier molecular flexibility index (Phi) is 6.82. The highest BCUT2D eigenvalue weighted by Gasteiger charge is 2.12. The summed E-state index contributed by atoms with van der Waals surface area (Å²) in [4.78, 5) is 12.7. The number of aliphatic hydroxyl groups is 1. The molecule has 0 bridgehead atoms. The largest absolute Gasteiger partial charge is 0.486 e. The van der Waals surface area contributed by atoms with Gasteiger partial charge in [0.15, 0.2) is 11.5 Å². The topological polar surface area (TPSA) is 77.0 Å². The Bertz CT molecular complexity index is 497. The molecule has 2 N–H and O–H groups in total. The van der Waals surface area contributed by atoms with Crippen LogP contribution in [0.1, 0.15) is 6.42 Å². The number of amides is 1. The van der Waals surface area contributed by atoms with Crippen LogP contribution in [0, 0.1) is 0 Å². The van der Waals surface area contributed by atoms with Crippen LogP contribution in [0.2, 0.25) is 0 Å². The first-order valence-electron chi connectivity index (χ1n) is 7.15. The summed E-state index contributed by atoms with van der Waals surface area (Å²) in [7, 11) is 1.51. The third-order valence-corrected chi connectivity index (χ3v) is 4.00. The van der Waals surface area contributed by atoms with Crippen LogP contribution in [0.25, 0.3) is 0 Å². The standard InChI is InChI=1S/C15H21NO5S/c1-19-10-11(17)9-16-15(18)4-7-22-12-2-3-13-14(8-12)21-6-5-20-13/h2-3,8,11,17H,4-7,9-10H2,1H3,(H,16,18)/t11-/m1/s1. The van der Waals surface area contributed by atoms with Gasteiger partial charge in [-0.15, -0.1) is 11.8 Å². The first-order chi connectivity index (χ1) is 10.7. The van der Waals surface area contributed by atoms with Gasteiger partial charge in [0.25, 0.3) is 0 Å². The van der Waals surface area contributed by atoms with Gasteiger partial charge in [0.1, 0.15) is 13.2 Å². The number of hydrogen-bond acceptors (Lipinski definition) is 6. The average molecular weight is 327 g/mol. The molecule has 1 aromatic carbocycles. The first-order valence-corrected chi connectivity index (χ1v) is 8.13. The molecule has 0 aliphatic carbocycles. The molecule has 1 aliphatic heterocycles. The molecule has 0 spiro atoms. The van der Waals surface area contributed by atoms with Gasteiger partial charge in [0.05, 0.1) is 12.7 Å². The predicted octanol–water partition coefficient (Wildman–Crippen LogP) is 1.06. The minimum absolute atomic E-state index is 0.0832. The second kappa shape index (κ2) is 8.87. The normalized spacial score (nSPS) is 14.5. The molecule has 0 aromatic heterocycles. The number of methoxy groups -OCH3 is 1. The van der Waals surface area contributed by atoms with E-state index in [2.05, 4.69) is 5.32 Å². The maximum atomic E-state index is 11.7. The second-order valence-electron chi connectivity index (χ2n) is 4.82. The van der Waals surface area contributed by atoms with Crippen molar-refractivity contribution in [2.24, 2.45) is 0 Å². The van der Waals surface area contributed by atoms with Crippen LogP contribution < -0.4 is 14.8 Å². The summed E-state index contributed by atoms with van der Waals surface area (Å²) in [6, 6.07) is 5.77. The van der Waals surface area contributed by atoms with Gasteiger partial charge in [0, 0.05) is 30.7 Å². The van der Waals surface area contributed by atoms with E-state index in [0.717, 1.165) is 16.4 Å². The highest BCUT2D eigenvalue weighted by atomic mass is 32.2. The van der Waals surface area contributed by atoms with E-state index in [1.807, 2.05) is 18.2 Å². The third-order valence-electron chi connectivity index (χ3n) is 3.01. The fourth-order valence-electron chi connectivity index (χ4n) is 1.95. The summed E-state index contributed by atoms with van der Waals surface area (Å²) in [5.74, 6) is 2.09. The lowest BCUT2D eigenvalue weighted by atomic mass is 10.3. The van der Waals surface area contributed by atoms with Crippen molar-refractivity contribution in [2.45, 2.75) is 17.4 Å². The fourth-order valence-corrected chi connectivity index (χ4v) is 2.82. The Hall–Kier alpha value is -1.44. The van der Waals surface area contributed by atoms with Gasteiger partial charge >= 0.3 is 0 Å². The number of ether oxygens (including phenoxy) is 3. The molecular formula is C15H21NO5S. The molecule has 1 atom stereocenters. The molecule has 1 aromatic rings. The summed E-state index contributed by atoms with van der Waals surface area (Å²) in [6.07, 6.45) is -0.280. The van der Waals surface area contributed by atoms with Crippen LogP contribution in [0.3, 0.4) is 0 Å². The van der Waals surface area contributed by atoms with E-state index in [1.165, 1.54) is 7.11 Å². The maximum Gasteiger partial charge on any atom is 0.220 e. The van der Waals surface area contributed by atoms with Gasteiger partial charge in [-0.25, -0.2) is 0 Å². The van der Waals surface area contributed by atoms with E-state index in [1.54, 1.807) is 11.8 Å². The molecule has 2 rings (SSSR count). The molecule has 1 aliphatic rings. The zero-order valence-electron chi connectivity index (χ0n) is 12.5. The number of carbonyl (C=O) groups excluding carboxylic acids is 1. The van der Waals surface area contributed by atoms with Crippen LogP contribution in [0.15, 0.2) is 23.1 Å². The van der Waals surface area contributed by atoms with Gasteiger partial charge in [-0.3, -0.25) is 4.79 Å². The monoisotopic (exact) mass is 327 g/mol. The van der Waals surface area contributed by atoms with Crippen LogP contribution in [-0.4, -0.2) is 56.3 Å². The summed E-state index contributed by atoms with van der Waals surface area (Å²) < 4.78 is 15.8. The predicted molar refractivity (Wildman–Crippen MR) is 83.7 cm³/mol. The molecule has 0 saturated carbocycles. The average Bonchev–Trinajstić information content (AvgIpc) is 2.53. The quantitative estimate of drug-likeness (QED) is 0.696. The summed E-state index contributed by atoms with van der Waals surface area (Å²) in [6.45, 7) is 1.56. The van der Waals surface area contributed by atoms with Crippen molar-refractivity contribution in [3.05, 3.63) is 18.2 Å². The maximum absolute atomic E-state index is 11.7. The number of benzene rings is 1. The minimum atomic E-state index is -0.667. The van der Waals surface area contributed by atoms with Gasteiger partial charge < -0.3 is 24.6 Å². The molecule has 6 nitrogen and oxygen atoms in total. The molecule has 0 unspecified atom stereocenters. The molecule has 122 valence electrons. The Morgan fingerprint density at radius 3 is 2.95 bits per heavy atom. The van der Waals surface area contributed by atoms with E-state index in [-0.39, 0.29) is 19.1 Å². The molecule has 0 fully saturated rings. The Morgan fingerprint density at radius 2 is 2.18 bits per heavy atom. The zero-order chi connectivity index (χ0) is 15.8. The number of fused-ring (bicyclic) bond motifs is 1. The number of thioether (sulfide) groups is 1. The van der Waals surface area contributed by atoms with E-state index in [0.29, 0.717) is 25.4 Å². The highest BCUT2D eigenvalue weighted by molar-refractivity contribution is 7.99. The Morgan fingerprint density at radius 1 is 1.41 bits per heavy atom. The van der Waals surface area contributed by atoms with Crippen molar-refractivity contribution in [1.29, 1.82) is 0 Å². The number of hydrogen-bond donors (Lipinski definition) is 2. The van der Waals surface area contributed by atoms with E-state index < -0.39 is 6.10 Å². The second-order valence-corrected chi connectivity index (χ2v) is 5.99. The molecular weight excluding hydrogens is 306 g/mol. The highest BCUT2D eigenvalue weighted by Crippen LogP contribution is 2.34. The molecule has 7 heteroatoms. The van der Waals surface area contributed by atoms with Gasteiger partial charge in [-0.1, -0.05) is 0 Å². The summed E-state index contributed by atoms with van der Waals surface area (Å²) in [5.41, 5.74) is 0. The van der Waals surface area contributed by atoms with Crippen molar-refractivity contribution in [1.82, 2.24) is 5.32 Å². The lowest BCUT2D eigenvalue weighted by Crippen LogP contribution is -2.34. The van der Waals surface area contributed by atoms with Crippen LogP contribution >= 0.6 is 11.8 Å². The fraction of sp³-hybridized carbons (Fsp3) is 0.533. The van der Waals surface area contributed by atoms with Gasteiger partial charge in [-0.05, 0) is 18.2 Å². The Balaban J connectivity index is 1.69. The number of nitrogens with one attached hydrogen (secondary N) is 1. The van der Waals surface area contributed by atoms with Crippen LogP contribution in [0.4, 0.5) is 0 Å². The van der Waals surface area contributed by atoms with Gasteiger partial charge in [0.2, 0.25) is 5.91 Å². The van der Waals surface area contributed by atoms with Crippen molar-refractivity contribution in [3.63, 3.8) is 0 Å². The van der Waals surface area contributed by atoms with E-state index >= 15 is 0 Å². The lowest BCUT2D eigenvalue weighted by Gasteiger charge is -2.18. The summed E-state index contributed by atoms with van der Waals surface area (Å²) in [5, 5.41) is 12.1. The molecule has 22 heavy (non-hydrogen) atoms. The first kappa shape index (κ1) is 16.9. The van der Waals surface area contributed by atoms with Crippen molar-refractivity contribution in [2.75, 3.05) is 39.2 Å². The Labute approximate surface area is 134 Å². The lowest BCUT2D eigenvalue weighted by molar-refractivity contribution is -0.121. The number of rotatable bonds is 8. The zero-order valence-corrected chi connectivity index (χ0v) is 13.4. The van der Waals surface area contributed by atoms with E-state index in [9.17, 15) is 9.90 Å². The smallest absolute Gasteiger partial charge is 0.220 e. The molecule has 0 radical (unpaired) electrons. The SMILES string of the molecule is COC[C@H](O)CNC(=O)CCSc1ccc2c(c1)OCCO2. The molecule has 1 amide bonds.